The van der Waals surface area contributed by atoms with E-state index >= 15 is 0 Å². The maximum Gasteiger partial charge on any atom is 0.227 e. The van der Waals surface area contributed by atoms with Gasteiger partial charge in [-0.25, -0.2) is 0 Å². The predicted molar refractivity (Wildman–Crippen MR) is 73.3 cm³/mol. The van der Waals surface area contributed by atoms with Gasteiger partial charge in [0.2, 0.25) is 5.91 Å². The number of amides is 1. The number of nitrogens with zero attached hydrogens (tertiary/aromatic N) is 1. The molecule has 18 heavy (non-hydrogen) atoms. The number of aryl methyl sites for hydroxylation is 1. The van der Waals surface area contributed by atoms with Crippen LogP contribution in [0, 0.1) is 6.92 Å². The smallest absolute Gasteiger partial charge is 0.227 e. The van der Waals surface area contributed by atoms with E-state index < -0.39 is 0 Å². The van der Waals surface area contributed by atoms with Gasteiger partial charge in [-0.3, -0.25) is 4.79 Å². The summed E-state index contributed by atoms with van der Waals surface area (Å²) in [6.45, 7) is 6.91. The molecule has 2 N–H and O–H groups in total. The second-order valence-electron chi connectivity index (χ2n) is 5.95. The molecule has 2 rings (SSSR count). The fraction of sp³-hybridized carbons (Fsp3) is 0.533. The van der Waals surface area contributed by atoms with Gasteiger partial charge in [-0.1, -0.05) is 29.8 Å². The Morgan fingerprint density at radius 2 is 2.22 bits per heavy atom. The van der Waals surface area contributed by atoms with E-state index in [2.05, 4.69) is 19.9 Å². The molecule has 0 spiro atoms. The summed E-state index contributed by atoms with van der Waals surface area (Å²) in [6, 6.07) is 8.23. The lowest BCUT2D eigenvalue weighted by Crippen LogP contribution is -2.43. The van der Waals surface area contributed by atoms with Crippen LogP contribution in [0.15, 0.2) is 24.3 Å². The first kappa shape index (κ1) is 13.1. The normalized spacial score (nSPS) is 22.2. The van der Waals surface area contributed by atoms with Gasteiger partial charge < -0.3 is 10.6 Å². The largest absolute Gasteiger partial charge is 0.336 e. The van der Waals surface area contributed by atoms with Gasteiger partial charge in [-0.15, -0.1) is 0 Å². The number of carbonyl (C=O) groups excluding carboxylic acids is 1. The molecule has 1 aromatic carbocycles. The minimum absolute atomic E-state index is 0.111. The van der Waals surface area contributed by atoms with Gasteiger partial charge in [-0.2, -0.15) is 0 Å². The molecular weight excluding hydrogens is 224 g/mol. The molecule has 3 heteroatoms. The molecule has 1 aromatic rings. The van der Waals surface area contributed by atoms with Crippen molar-refractivity contribution in [2.75, 3.05) is 6.54 Å². The molecule has 0 saturated carbocycles. The fourth-order valence-corrected chi connectivity index (χ4v) is 2.83. The highest BCUT2D eigenvalue weighted by Gasteiger charge is 2.39. The molecule has 1 aliphatic rings. The zero-order chi connectivity index (χ0) is 13.3. The SMILES string of the molecule is Cc1cccc(CC(=O)N2CC(N)CC2(C)C)c1. The van der Waals surface area contributed by atoms with E-state index in [1.54, 1.807) is 0 Å². The second-order valence-corrected chi connectivity index (χ2v) is 5.95. The molecule has 98 valence electrons. The standard InChI is InChI=1S/C15H22N2O/c1-11-5-4-6-12(7-11)8-14(18)17-10-13(16)9-15(17,2)3/h4-7,13H,8-10,16H2,1-3H3. The van der Waals surface area contributed by atoms with E-state index in [1.807, 2.05) is 30.0 Å². The first-order chi connectivity index (χ1) is 8.38. The van der Waals surface area contributed by atoms with Crippen LogP contribution in [0.4, 0.5) is 0 Å². The summed E-state index contributed by atoms with van der Waals surface area (Å²) < 4.78 is 0. The van der Waals surface area contributed by atoms with Crippen molar-refractivity contribution < 1.29 is 4.79 Å². The first-order valence-electron chi connectivity index (χ1n) is 6.50. The number of hydrogen-bond donors (Lipinski definition) is 1. The van der Waals surface area contributed by atoms with Crippen molar-refractivity contribution in [3.05, 3.63) is 35.4 Å². The zero-order valence-electron chi connectivity index (χ0n) is 11.4. The molecule has 1 unspecified atom stereocenters. The van der Waals surface area contributed by atoms with Crippen molar-refractivity contribution >= 4 is 5.91 Å². The van der Waals surface area contributed by atoms with Gasteiger partial charge in [0, 0.05) is 18.1 Å². The van der Waals surface area contributed by atoms with Crippen LogP contribution in [0.25, 0.3) is 0 Å². The zero-order valence-corrected chi connectivity index (χ0v) is 11.4. The molecule has 1 atom stereocenters. The van der Waals surface area contributed by atoms with Gasteiger partial charge in [0.25, 0.3) is 0 Å². The van der Waals surface area contributed by atoms with Crippen molar-refractivity contribution in [2.45, 2.75) is 45.2 Å². The average Bonchev–Trinajstić information content (AvgIpc) is 2.51. The Morgan fingerprint density at radius 1 is 1.50 bits per heavy atom. The highest BCUT2D eigenvalue weighted by atomic mass is 16.2. The maximum atomic E-state index is 12.4. The van der Waals surface area contributed by atoms with Crippen molar-refractivity contribution in [1.82, 2.24) is 4.90 Å². The monoisotopic (exact) mass is 246 g/mol. The number of benzene rings is 1. The summed E-state index contributed by atoms with van der Waals surface area (Å²) >= 11 is 0. The Kier molecular flexibility index (Phi) is 3.44. The molecule has 0 aromatic heterocycles. The number of rotatable bonds is 2. The van der Waals surface area contributed by atoms with Crippen LogP contribution in [-0.4, -0.2) is 28.9 Å². The molecule has 1 heterocycles. The van der Waals surface area contributed by atoms with Crippen LogP contribution in [0.1, 0.15) is 31.4 Å². The van der Waals surface area contributed by atoms with E-state index in [1.165, 1.54) is 5.56 Å². The Balaban J connectivity index is 2.09. The molecule has 1 fully saturated rings. The molecule has 0 radical (unpaired) electrons. The van der Waals surface area contributed by atoms with Crippen LogP contribution in [0.3, 0.4) is 0 Å². The molecule has 0 bridgehead atoms. The fourth-order valence-electron chi connectivity index (χ4n) is 2.83. The third kappa shape index (κ3) is 2.72. The predicted octanol–water partition coefficient (Wildman–Crippen LogP) is 1.88. The van der Waals surface area contributed by atoms with Crippen LogP contribution < -0.4 is 5.73 Å². The molecule has 1 saturated heterocycles. The van der Waals surface area contributed by atoms with Crippen molar-refractivity contribution in [3.63, 3.8) is 0 Å². The summed E-state index contributed by atoms with van der Waals surface area (Å²) in [5, 5.41) is 0. The first-order valence-corrected chi connectivity index (χ1v) is 6.50. The number of nitrogens with two attached hydrogens (primary N) is 1. The van der Waals surface area contributed by atoms with E-state index in [9.17, 15) is 4.79 Å². The van der Waals surface area contributed by atoms with E-state index in [4.69, 9.17) is 5.73 Å². The highest BCUT2D eigenvalue weighted by Crippen LogP contribution is 2.28. The Labute approximate surface area is 109 Å². The van der Waals surface area contributed by atoms with Gasteiger partial charge >= 0.3 is 0 Å². The third-order valence-electron chi connectivity index (χ3n) is 3.65. The molecule has 1 aliphatic heterocycles. The van der Waals surface area contributed by atoms with E-state index in [0.717, 1.165) is 12.0 Å². The minimum atomic E-state index is -0.111. The molecule has 0 aliphatic carbocycles. The van der Waals surface area contributed by atoms with Crippen LogP contribution in [0.2, 0.25) is 0 Å². The quantitative estimate of drug-likeness (QED) is 0.866. The third-order valence-corrected chi connectivity index (χ3v) is 3.65. The second kappa shape index (κ2) is 4.73. The Bertz CT molecular complexity index is 454. The Hall–Kier alpha value is -1.35. The van der Waals surface area contributed by atoms with Gasteiger partial charge in [0.15, 0.2) is 0 Å². The lowest BCUT2D eigenvalue weighted by molar-refractivity contribution is -0.133. The van der Waals surface area contributed by atoms with Crippen molar-refractivity contribution in [1.29, 1.82) is 0 Å². The number of likely N-dealkylation sites (tertiary alicyclic amines) is 1. The van der Waals surface area contributed by atoms with E-state index in [0.29, 0.717) is 13.0 Å². The average molecular weight is 246 g/mol. The molecule has 3 nitrogen and oxygen atoms in total. The number of carbonyl (C=O) groups is 1. The lowest BCUT2D eigenvalue weighted by atomic mass is 10.00. The minimum Gasteiger partial charge on any atom is -0.336 e. The number of hydrogen-bond acceptors (Lipinski definition) is 2. The van der Waals surface area contributed by atoms with Crippen LogP contribution >= 0.6 is 0 Å². The summed E-state index contributed by atoms with van der Waals surface area (Å²) in [6.07, 6.45) is 1.35. The Morgan fingerprint density at radius 3 is 2.78 bits per heavy atom. The van der Waals surface area contributed by atoms with E-state index in [-0.39, 0.29) is 17.5 Å². The molecular formula is C15H22N2O. The summed E-state index contributed by atoms with van der Waals surface area (Å²) in [5.74, 6) is 0.179. The van der Waals surface area contributed by atoms with Gasteiger partial charge in [0.1, 0.15) is 0 Å². The van der Waals surface area contributed by atoms with Crippen LogP contribution in [-0.2, 0) is 11.2 Å². The van der Waals surface area contributed by atoms with Crippen LogP contribution in [0.5, 0.6) is 0 Å². The summed E-state index contributed by atoms with van der Waals surface area (Å²) in [7, 11) is 0. The van der Waals surface area contributed by atoms with Gasteiger partial charge in [-0.05, 0) is 32.8 Å². The highest BCUT2D eigenvalue weighted by molar-refractivity contribution is 5.80. The van der Waals surface area contributed by atoms with Crippen molar-refractivity contribution in [3.8, 4) is 0 Å². The lowest BCUT2D eigenvalue weighted by Gasteiger charge is -2.31. The topological polar surface area (TPSA) is 46.3 Å². The summed E-state index contributed by atoms with van der Waals surface area (Å²) in [4.78, 5) is 14.3. The maximum absolute atomic E-state index is 12.4. The van der Waals surface area contributed by atoms with Gasteiger partial charge in [0.05, 0.1) is 6.42 Å². The van der Waals surface area contributed by atoms with Crippen molar-refractivity contribution in [2.24, 2.45) is 5.73 Å². The molecule has 1 amide bonds. The summed E-state index contributed by atoms with van der Waals surface area (Å²) in [5.41, 5.74) is 8.12.